The number of nitrogens with one attached hydrogen (secondary N) is 1. The molecule has 1 atom stereocenters. The molecule has 3 rings (SSSR count). The lowest BCUT2D eigenvalue weighted by Crippen LogP contribution is -2.31. The van der Waals surface area contributed by atoms with Crippen LogP contribution >= 0.6 is 0 Å². The molecule has 1 aliphatic heterocycles. The fourth-order valence-corrected chi connectivity index (χ4v) is 2.75. The average Bonchev–Trinajstić information content (AvgIpc) is 3.11. The van der Waals surface area contributed by atoms with Crippen molar-refractivity contribution < 1.29 is 22.7 Å². The Labute approximate surface area is 128 Å². The van der Waals surface area contributed by atoms with Crippen molar-refractivity contribution in [1.29, 1.82) is 0 Å². The number of aromatic amines is 1. The smallest absolute Gasteiger partial charge is 0.382 e. The van der Waals surface area contributed by atoms with E-state index in [0.29, 0.717) is 24.7 Å². The number of alkyl halides is 3. The van der Waals surface area contributed by atoms with E-state index in [0.717, 1.165) is 12.1 Å². The number of hydrogen-bond donors (Lipinski definition) is 2. The zero-order valence-electron chi connectivity index (χ0n) is 11.9. The molecule has 1 aromatic heterocycles. The van der Waals surface area contributed by atoms with E-state index in [1.807, 2.05) is 0 Å². The van der Waals surface area contributed by atoms with E-state index >= 15 is 0 Å². The summed E-state index contributed by atoms with van der Waals surface area (Å²) in [5, 5.41) is 20.4. The second-order valence-electron chi connectivity index (χ2n) is 5.65. The number of nitrogens with zero attached hydrogens (tertiary/aromatic N) is 3. The van der Waals surface area contributed by atoms with Gasteiger partial charge in [-0.3, -0.25) is 4.90 Å². The van der Waals surface area contributed by atoms with Crippen LogP contribution in [0.25, 0.3) is 0 Å². The highest BCUT2D eigenvalue weighted by Crippen LogP contribution is 2.33. The first-order valence-corrected chi connectivity index (χ1v) is 6.94. The average molecular weight is 330 g/mol. The topological polar surface area (TPSA) is 65.0 Å². The third kappa shape index (κ3) is 3.20. The first-order valence-electron chi connectivity index (χ1n) is 6.94. The molecular formula is C14H14F4N4O. The molecule has 0 bridgehead atoms. The van der Waals surface area contributed by atoms with Gasteiger partial charge in [0.05, 0.1) is 11.8 Å². The summed E-state index contributed by atoms with van der Waals surface area (Å²) in [5.41, 5.74) is -1.81. The first-order chi connectivity index (χ1) is 10.8. The number of benzene rings is 1. The summed E-state index contributed by atoms with van der Waals surface area (Å²) in [7, 11) is 0. The molecule has 1 fully saturated rings. The van der Waals surface area contributed by atoms with E-state index in [4.69, 9.17) is 0 Å². The lowest BCUT2D eigenvalue weighted by Gasteiger charge is -2.21. The van der Waals surface area contributed by atoms with Crippen LogP contribution in [-0.4, -0.2) is 38.5 Å². The molecule has 9 heteroatoms. The number of likely N-dealkylation sites (tertiary alicyclic amines) is 1. The van der Waals surface area contributed by atoms with E-state index in [9.17, 15) is 22.7 Å². The number of hydrogen-bond acceptors (Lipinski definition) is 4. The number of rotatable bonds is 3. The Kier molecular flexibility index (Phi) is 3.85. The zero-order chi connectivity index (χ0) is 16.7. The van der Waals surface area contributed by atoms with Crippen LogP contribution in [-0.2, 0) is 18.3 Å². The maximum atomic E-state index is 13.8. The second-order valence-corrected chi connectivity index (χ2v) is 5.65. The minimum absolute atomic E-state index is 0.0179. The summed E-state index contributed by atoms with van der Waals surface area (Å²) >= 11 is 0. The molecule has 1 unspecified atom stereocenters. The van der Waals surface area contributed by atoms with Gasteiger partial charge in [0.15, 0.2) is 0 Å². The van der Waals surface area contributed by atoms with Gasteiger partial charge in [0, 0.05) is 25.2 Å². The largest absolute Gasteiger partial charge is 0.416 e. The molecular weight excluding hydrogens is 316 g/mol. The highest BCUT2D eigenvalue weighted by molar-refractivity contribution is 5.27. The van der Waals surface area contributed by atoms with Gasteiger partial charge in [-0.15, -0.1) is 0 Å². The van der Waals surface area contributed by atoms with Crippen molar-refractivity contribution in [2.45, 2.75) is 24.7 Å². The molecule has 5 nitrogen and oxygen atoms in total. The molecule has 23 heavy (non-hydrogen) atoms. The highest BCUT2D eigenvalue weighted by Gasteiger charge is 2.40. The van der Waals surface area contributed by atoms with E-state index < -0.39 is 23.2 Å². The summed E-state index contributed by atoms with van der Waals surface area (Å²) < 4.78 is 52.0. The summed E-state index contributed by atoms with van der Waals surface area (Å²) in [6.07, 6.45) is -2.77. The molecule has 124 valence electrons. The number of β-amino-alcohol motifs (C(OH)–C–C–N with tert-alkyl or cyclic N) is 1. The molecule has 0 radical (unpaired) electrons. The molecule has 0 amide bonds. The molecule has 2 heterocycles. The van der Waals surface area contributed by atoms with E-state index in [1.54, 1.807) is 4.90 Å². The molecule has 1 saturated heterocycles. The van der Waals surface area contributed by atoms with Gasteiger partial charge in [-0.25, -0.2) is 4.39 Å². The molecule has 2 aromatic rings. The quantitative estimate of drug-likeness (QED) is 0.846. The van der Waals surface area contributed by atoms with Crippen LogP contribution in [0.1, 0.15) is 23.2 Å². The van der Waals surface area contributed by atoms with E-state index in [2.05, 4.69) is 15.4 Å². The number of aliphatic hydroxyl groups is 1. The van der Waals surface area contributed by atoms with Crippen molar-refractivity contribution in [2.24, 2.45) is 0 Å². The van der Waals surface area contributed by atoms with Crippen LogP contribution in [0.2, 0.25) is 0 Å². The molecule has 1 aliphatic rings. The fourth-order valence-electron chi connectivity index (χ4n) is 2.75. The standard InChI is InChI=1S/C14H14F4N4O/c15-11-2-1-10(14(16,17)18)5-9(11)7-22-4-3-13(23,8-22)12-6-19-21-20-12/h1-2,5-6,23H,3-4,7-8H2,(H,19,20,21). The van der Waals surface area contributed by atoms with Crippen LogP contribution in [0.5, 0.6) is 0 Å². The highest BCUT2D eigenvalue weighted by atomic mass is 19.4. The van der Waals surface area contributed by atoms with Crippen LogP contribution in [0.3, 0.4) is 0 Å². The minimum atomic E-state index is -4.52. The van der Waals surface area contributed by atoms with E-state index in [-0.39, 0.29) is 18.7 Å². The van der Waals surface area contributed by atoms with Crippen LogP contribution < -0.4 is 0 Å². The van der Waals surface area contributed by atoms with Crippen molar-refractivity contribution in [2.75, 3.05) is 13.1 Å². The maximum absolute atomic E-state index is 13.8. The first kappa shape index (κ1) is 15.9. The third-order valence-electron chi connectivity index (χ3n) is 3.99. The van der Waals surface area contributed by atoms with Gasteiger partial charge in [-0.05, 0) is 24.6 Å². The van der Waals surface area contributed by atoms with Crippen molar-refractivity contribution in [3.05, 3.63) is 47.0 Å². The Bertz CT molecular complexity index is 689. The lowest BCUT2D eigenvalue weighted by molar-refractivity contribution is -0.137. The van der Waals surface area contributed by atoms with Crippen molar-refractivity contribution in [1.82, 2.24) is 20.3 Å². The van der Waals surface area contributed by atoms with Crippen LogP contribution in [0, 0.1) is 5.82 Å². The number of H-pyrrole nitrogens is 1. The molecule has 0 spiro atoms. The van der Waals surface area contributed by atoms with Gasteiger partial charge >= 0.3 is 6.18 Å². The Hall–Kier alpha value is -2.00. The van der Waals surface area contributed by atoms with Gasteiger partial charge in [0.25, 0.3) is 0 Å². The predicted octanol–water partition coefficient (Wildman–Crippen LogP) is 2.06. The summed E-state index contributed by atoms with van der Waals surface area (Å²) in [4.78, 5) is 1.69. The lowest BCUT2D eigenvalue weighted by atomic mass is 10.00. The monoisotopic (exact) mass is 330 g/mol. The Morgan fingerprint density at radius 1 is 1.35 bits per heavy atom. The number of aromatic nitrogens is 3. The fraction of sp³-hybridized carbons (Fsp3) is 0.429. The molecule has 0 saturated carbocycles. The zero-order valence-corrected chi connectivity index (χ0v) is 11.9. The molecule has 0 aliphatic carbocycles. The summed E-state index contributed by atoms with van der Waals surface area (Å²) in [6, 6.07) is 2.34. The summed E-state index contributed by atoms with van der Waals surface area (Å²) in [6.45, 7) is 0.546. The SMILES string of the molecule is OC1(c2cn[nH]n2)CCN(Cc2cc(C(F)(F)F)ccc2F)C1. The third-order valence-corrected chi connectivity index (χ3v) is 3.99. The normalized spacial score (nSPS) is 22.7. The van der Waals surface area contributed by atoms with Crippen molar-refractivity contribution in [3.63, 3.8) is 0 Å². The van der Waals surface area contributed by atoms with E-state index in [1.165, 1.54) is 6.20 Å². The Morgan fingerprint density at radius 2 is 2.13 bits per heavy atom. The minimum Gasteiger partial charge on any atom is -0.382 e. The van der Waals surface area contributed by atoms with Gasteiger partial charge in [-0.2, -0.15) is 28.6 Å². The van der Waals surface area contributed by atoms with Gasteiger partial charge < -0.3 is 5.11 Å². The summed E-state index contributed by atoms with van der Waals surface area (Å²) in [5.74, 6) is -0.699. The van der Waals surface area contributed by atoms with Crippen LogP contribution in [0.15, 0.2) is 24.4 Å². The molecule has 2 N–H and O–H groups in total. The number of halogens is 4. The van der Waals surface area contributed by atoms with Gasteiger partial charge in [0.1, 0.15) is 17.1 Å². The van der Waals surface area contributed by atoms with Gasteiger partial charge in [-0.1, -0.05) is 0 Å². The Balaban J connectivity index is 1.76. The van der Waals surface area contributed by atoms with Gasteiger partial charge in [0.2, 0.25) is 0 Å². The predicted molar refractivity (Wildman–Crippen MR) is 71.6 cm³/mol. The Morgan fingerprint density at radius 3 is 2.78 bits per heavy atom. The maximum Gasteiger partial charge on any atom is 0.416 e. The van der Waals surface area contributed by atoms with Crippen molar-refractivity contribution in [3.8, 4) is 0 Å². The second kappa shape index (κ2) is 5.57. The van der Waals surface area contributed by atoms with Crippen molar-refractivity contribution >= 4 is 0 Å². The van der Waals surface area contributed by atoms with Crippen LogP contribution in [0.4, 0.5) is 17.6 Å². The molecule has 1 aromatic carbocycles.